The molecule has 0 aliphatic rings. The molecule has 3 nitrogen and oxygen atoms in total. The van der Waals surface area contributed by atoms with Gasteiger partial charge in [-0.05, 0) is 78.3 Å². The lowest BCUT2D eigenvalue weighted by Crippen LogP contribution is -1.97. The molecule has 0 saturated heterocycles. The first-order valence-corrected chi connectivity index (χ1v) is 11.5. The van der Waals surface area contributed by atoms with Crippen LogP contribution in [-0.2, 0) is 19.3 Å². The van der Waals surface area contributed by atoms with Crippen LogP contribution in [0.2, 0.25) is 0 Å². The van der Waals surface area contributed by atoms with Gasteiger partial charge in [-0.1, -0.05) is 56.3 Å². The lowest BCUT2D eigenvalue weighted by atomic mass is 9.94. The minimum Gasteiger partial charge on any atom is -0.507 e. The van der Waals surface area contributed by atoms with E-state index in [1.807, 2.05) is 48.5 Å². The van der Waals surface area contributed by atoms with Gasteiger partial charge in [0, 0.05) is 22.3 Å². The molecule has 174 valence electrons. The number of benzene rings is 3. The maximum atomic E-state index is 12.8. The molecule has 3 rings (SSSR count). The van der Waals surface area contributed by atoms with E-state index in [4.69, 9.17) is 0 Å². The Kier molecular flexibility index (Phi) is 8.26. The number of phenols is 2. The van der Waals surface area contributed by atoms with Crippen LogP contribution in [0.5, 0.6) is 11.5 Å². The molecule has 0 radical (unpaired) electrons. The summed E-state index contributed by atoms with van der Waals surface area (Å²) in [5.74, 6) is 0.502. The van der Waals surface area contributed by atoms with E-state index in [1.165, 1.54) is 11.6 Å². The van der Waals surface area contributed by atoms with Gasteiger partial charge in [0.05, 0.1) is 0 Å². The molecule has 0 heterocycles. The predicted octanol–water partition coefficient (Wildman–Crippen LogP) is 7.32. The molecule has 0 aromatic heterocycles. The summed E-state index contributed by atoms with van der Waals surface area (Å²) in [6, 6.07) is 16.6. The normalized spacial score (nSPS) is 11.1. The first-order valence-electron chi connectivity index (χ1n) is 11.5. The fourth-order valence-electron chi connectivity index (χ4n) is 3.97. The Hall–Kier alpha value is -3.85. The fraction of sp³-hybridized carbons (Fsp3) is 0.194. The van der Waals surface area contributed by atoms with Gasteiger partial charge in [0.2, 0.25) is 0 Å². The van der Waals surface area contributed by atoms with E-state index >= 15 is 0 Å². The summed E-state index contributed by atoms with van der Waals surface area (Å²) in [7, 11) is 0. The van der Waals surface area contributed by atoms with Crippen LogP contribution in [0.1, 0.15) is 46.5 Å². The zero-order chi connectivity index (χ0) is 24.7. The van der Waals surface area contributed by atoms with E-state index in [0.717, 1.165) is 17.5 Å². The minimum absolute atomic E-state index is 0.00944. The maximum absolute atomic E-state index is 12.8. The molecular formula is C31H32O3. The van der Waals surface area contributed by atoms with Crippen molar-refractivity contribution in [3.05, 3.63) is 114 Å². The highest BCUT2D eigenvalue weighted by Crippen LogP contribution is 2.39. The van der Waals surface area contributed by atoms with E-state index in [-0.39, 0.29) is 17.3 Å². The zero-order valence-corrected chi connectivity index (χ0v) is 19.9. The number of carbonyl (C=O) groups is 1. The molecule has 0 fully saturated rings. The number of ketones is 1. The minimum atomic E-state index is -0.137. The lowest BCUT2D eigenvalue weighted by Gasteiger charge is -2.13. The van der Waals surface area contributed by atoms with Crippen molar-refractivity contribution in [1.29, 1.82) is 0 Å². The lowest BCUT2D eigenvalue weighted by molar-refractivity contribution is 0.104. The van der Waals surface area contributed by atoms with Gasteiger partial charge in [0.25, 0.3) is 0 Å². The van der Waals surface area contributed by atoms with Gasteiger partial charge < -0.3 is 10.2 Å². The van der Waals surface area contributed by atoms with E-state index in [0.29, 0.717) is 41.0 Å². The van der Waals surface area contributed by atoms with Crippen molar-refractivity contribution in [1.82, 2.24) is 0 Å². The summed E-state index contributed by atoms with van der Waals surface area (Å²) in [5, 5.41) is 21.6. The van der Waals surface area contributed by atoms with E-state index in [9.17, 15) is 15.0 Å². The van der Waals surface area contributed by atoms with Crippen LogP contribution in [0.15, 0.2) is 86.0 Å². The third-order valence-corrected chi connectivity index (χ3v) is 5.61. The van der Waals surface area contributed by atoms with Gasteiger partial charge in [-0.2, -0.15) is 0 Å². The number of hydrogen-bond donors (Lipinski definition) is 2. The van der Waals surface area contributed by atoms with Crippen molar-refractivity contribution in [2.24, 2.45) is 5.92 Å². The van der Waals surface area contributed by atoms with Crippen LogP contribution in [-0.4, -0.2) is 16.0 Å². The molecular weight excluding hydrogens is 420 g/mol. The van der Waals surface area contributed by atoms with Gasteiger partial charge in [0.1, 0.15) is 11.5 Å². The molecule has 0 spiro atoms. The Bertz CT molecular complexity index is 1210. The fourth-order valence-corrected chi connectivity index (χ4v) is 3.97. The summed E-state index contributed by atoms with van der Waals surface area (Å²) < 4.78 is 0. The summed E-state index contributed by atoms with van der Waals surface area (Å²) in [6.45, 7) is 11.9. The maximum Gasteiger partial charge on any atom is 0.185 e. The Labute approximate surface area is 202 Å². The first-order chi connectivity index (χ1) is 16.3. The SMILES string of the molecule is C=CCc1ccc(O)c(-c2cc(CC=C)cc(C=CC(=O)c3ccc(CC(C)C)cc3)c2O)c1. The van der Waals surface area contributed by atoms with Crippen LogP contribution in [0, 0.1) is 5.92 Å². The Morgan fingerprint density at radius 3 is 2.12 bits per heavy atom. The number of allylic oxidation sites excluding steroid dienone is 3. The first kappa shape index (κ1) is 24.8. The van der Waals surface area contributed by atoms with Gasteiger partial charge in [-0.3, -0.25) is 4.79 Å². The second-order valence-corrected chi connectivity index (χ2v) is 8.91. The van der Waals surface area contributed by atoms with Crippen molar-refractivity contribution in [3.8, 4) is 22.6 Å². The zero-order valence-electron chi connectivity index (χ0n) is 19.9. The van der Waals surface area contributed by atoms with Crippen LogP contribution >= 0.6 is 0 Å². The van der Waals surface area contributed by atoms with E-state index in [2.05, 4.69) is 27.0 Å². The largest absolute Gasteiger partial charge is 0.507 e. The molecule has 0 amide bonds. The van der Waals surface area contributed by atoms with Crippen LogP contribution in [0.4, 0.5) is 0 Å². The Morgan fingerprint density at radius 1 is 0.853 bits per heavy atom. The number of rotatable bonds is 10. The molecule has 0 aliphatic heterocycles. The molecule has 0 unspecified atom stereocenters. The van der Waals surface area contributed by atoms with Crippen molar-refractivity contribution in [2.75, 3.05) is 0 Å². The Morgan fingerprint density at radius 2 is 1.47 bits per heavy atom. The molecule has 0 saturated carbocycles. The molecule has 0 atom stereocenters. The molecule has 2 N–H and O–H groups in total. The molecule has 0 bridgehead atoms. The molecule has 34 heavy (non-hydrogen) atoms. The molecule has 3 heteroatoms. The van der Waals surface area contributed by atoms with Gasteiger partial charge >= 0.3 is 0 Å². The third kappa shape index (κ3) is 6.14. The Balaban J connectivity index is 1.97. The number of carbonyl (C=O) groups excluding carboxylic acids is 1. The average Bonchev–Trinajstić information content (AvgIpc) is 2.81. The summed E-state index contributed by atoms with van der Waals surface area (Å²) in [4.78, 5) is 12.8. The second-order valence-electron chi connectivity index (χ2n) is 8.91. The summed E-state index contributed by atoms with van der Waals surface area (Å²) in [5.41, 5.74) is 5.24. The number of phenolic OH excluding ortho intramolecular Hbond substituents is 2. The van der Waals surface area contributed by atoms with Crippen molar-refractivity contribution in [2.45, 2.75) is 33.1 Å². The van der Waals surface area contributed by atoms with Crippen LogP contribution < -0.4 is 0 Å². The van der Waals surface area contributed by atoms with Crippen LogP contribution in [0.25, 0.3) is 17.2 Å². The summed E-state index contributed by atoms with van der Waals surface area (Å²) in [6.07, 6.45) is 8.88. The van der Waals surface area contributed by atoms with Crippen molar-refractivity contribution >= 4 is 11.9 Å². The number of hydrogen-bond acceptors (Lipinski definition) is 3. The third-order valence-electron chi connectivity index (χ3n) is 5.61. The smallest absolute Gasteiger partial charge is 0.185 e. The van der Waals surface area contributed by atoms with Crippen molar-refractivity contribution < 1.29 is 15.0 Å². The number of aromatic hydroxyl groups is 2. The molecule has 0 aliphatic carbocycles. The topological polar surface area (TPSA) is 57.5 Å². The molecule has 3 aromatic carbocycles. The highest BCUT2D eigenvalue weighted by molar-refractivity contribution is 6.07. The average molecular weight is 453 g/mol. The van der Waals surface area contributed by atoms with Gasteiger partial charge in [-0.15, -0.1) is 13.2 Å². The monoisotopic (exact) mass is 452 g/mol. The predicted molar refractivity (Wildman–Crippen MR) is 141 cm³/mol. The summed E-state index contributed by atoms with van der Waals surface area (Å²) >= 11 is 0. The van der Waals surface area contributed by atoms with E-state index in [1.54, 1.807) is 24.3 Å². The van der Waals surface area contributed by atoms with Gasteiger partial charge in [-0.25, -0.2) is 0 Å². The van der Waals surface area contributed by atoms with Crippen LogP contribution in [0.3, 0.4) is 0 Å². The highest BCUT2D eigenvalue weighted by atomic mass is 16.3. The molecule has 3 aromatic rings. The highest BCUT2D eigenvalue weighted by Gasteiger charge is 2.15. The second kappa shape index (κ2) is 11.3. The van der Waals surface area contributed by atoms with Gasteiger partial charge in [0.15, 0.2) is 5.78 Å². The quantitative estimate of drug-likeness (QED) is 0.192. The van der Waals surface area contributed by atoms with E-state index < -0.39 is 0 Å². The standard InChI is InChI=1S/C31H32O3/c1-5-7-22-11-15-30(33)27(19-22)28-20-24(8-6-2)18-26(31(28)34)14-16-29(32)25-12-9-23(10-13-25)17-21(3)4/h5-6,9-16,18-21,33-34H,1-2,7-8,17H2,3-4H3. The van der Waals surface area contributed by atoms with Crippen molar-refractivity contribution in [3.63, 3.8) is 0 Å².